The van der Waals surface area contributed by atoms with E-state index in [9.17, 15) is 10.1 Å². The molecule has 0 amide bonds. The van der Waals surface area contributed by atoms with Gasteiger partial charge in [0.05, 0.1) is 4.92 Å². The fourth-order valence-corrected chi connectivity index (χ4v) is 1.74. The van der Waals surface area contributed by atoms with Gasteiger partial charge in [-0.05, 0) is 24.6 Å². The lowest BCUT2D eigenvalue weighted by Gasteiger charge is -2.09. The lowest BCUT2D eigenvalue weighted by molar-refractivity contribution is -0.385. The largest absolute Gasteiger partial charge is 0.437 e. The molecule has 0 radical (unpaired) electrons. The maximum atomic E-state index is 10.6. The number of ether oxygens (including phenoxy) is 1. The first-order chi connectivity index (χ1) is 8.97. The van der Waals surface area contributed by atoms with Gasteiger partial charge in [0.1, 0.15) is 17.0 Å². The topological polar surface area (TPSA) is 65.3 Å². The minimum atomic E-state index is -0.576. The Balaban J connectivity index is 2.33. The van der Waals surface area contributed by atoms with Crippen molar-refractivity contribution >= 4 is 28.9 Å². The first-order valence-corrected chi connectivity index (χ1v) is 5.97. The number of benzene rings is 1. The second-order valence-electron chi connectivity index (χ2n) is 3.75. The minimum absolute atomic E-state index is 0.0635. The van der Waals surface area contributed by atoms with Crippen molar-refractivity contribution in [2.24, 2.45) is 0 Å². The average molecular weight is 299 g/mol. The van der Waals surface area contributed by atoms with E-state index in [1.807, 2.05) is 6.92 Å². The zero-order valence-corrected chi connectivity index (χ0v) is 11.3. The van der Waals surface area contributed by atoms with Gasteiger partial charge in [0, 0.05) is 11.1 Å². The van der Waals surface area contributed by atoms with Crippen LogP contribution >= 0.6 is 23.2 Å². The summed E-state index contributed by atoms with van der Waals surface area (Å²) < 4.78 is 5.51. The molecule has 0 aliphatic carbocycles. The van der Waals surface area contributed by atoms with Crippen LogP contribution in [0.4, 0.5) is 5.69 Å². The number of nitro groups is 1. The van der Waals surface area contributed by atoms with Gasteiger partial charge < -0.3 is 4.74 Å². The van der Waals surface area contributed by atoms with Gasteiger partial charge in [0.25, 0.3) is 5.69 Å². The Hall–Kier alpha value is -1.85. The van der Waals surface area contributed by atoms with Crippen LogP contribution in [0.5, 0.6) is 11.6 Å². The standard InChI is InChI=1S/C12H8Cl2N2O3/c1-7-2-3-8(13)4-11(7)19-12-10(14)5-9(6-15-12)16(17)18/h2-6H,1H3. The summed E-state index contributed by atoms with van der Waals surface area (Å²) in [5.74, 6) is 0.591. The van der Waals surface area contributed by atoms with Crippen LogP contribution in [-0.4, -0.2) is 9.91 Å². The molecule has 0 bridgehead atoms. The van der Waals surface area contributed by atoms with Gasteiger partial charge >= 0.3 is 0 Å². The van der Waals surface area contributed by atoms with Gasteiger partial charge in [0.2, 0.25) is 5.88 Å². The highest BCUT2D eigenvalue weighted by Gasteiger charge is 2.13. The van der Waals surface area contributed by atoms with Crippen LogP contribution in [0.15, 0.2) is 30.5 Å². The summed E-state index contributed by atoms with van der Waals surface area (Å²) in [5.41, 5.74) is 0.654. The summed E-state index contributed by atoms with van der Waals surface area (Å²) in [6, 6.07) is 6.33. The monoisotopic (exact) mass is 298 g/mol. The van der Waals surface area contributed by atoms with E-state index >= 15 is 0 Å². The molecule has 2 rings (SSSR count). The van der Waals surface area contributed by atoms with Crippen molar-refractivity contribution in [3.8, 4) is 11.6 Å². The van der Waals surface area contributed by atoms with Crippen molar-refractivity contribution in [3.05, 3.63) is 56.2 Å². The first-order valence-electron chi connectivity index (χ1n) is 5.21. The van der Waals surface area contributed by atoms with Crippen molar-refractivity contribution in [2.75, 3.05) is 0 Å². The molecular weight excluding hydrogens is 291 g/mol. The summed E-state index contributed by atoms with van der Waals surface area (Å²) in [6.07, 6.45) is 1.08. The van der Waals surface area contributed by atoms with E-state index in [0.29, 0.717) is 10.8 Å². The van der Waals surface area contributed by atoms with Crippen LogP contribution in [0, 0.1) is 17.0 Å². The van der Waals surface area contributed by atoms with Crippen molar-refractivity contribution < 1.29 is 9.66 Å². The van der Waals surface area contributed by atoms with Gasteiger partial charge in [-0.3, -0.25) is 10.1 Å². The SMILES string of the molecule is Cc1ccc(Cl)cc1Oc1ncc([N+](=O)[O-])cc1Cl. The van der Waals surface area contributed by atoms with Gasteiger partial charge in [-0.1, -0.05) is 29.3 Å². The highest BCUT2D eigenvalue weighted by atomic mass is 35.5. The van der Waals surface area contributed by atoms with E-state index in [0.717, 1.165) is 11.8 Å². The summed E-state index contributed by atoms with van der Waals surface area (Å²) in [4.78, 5) is 13.8. The summed E-state index contributed by atoms with van der Waals surface area (Å²) >= 11 is 11.8. The van der Waals surface area contributed by atoms with Gasteiger partial charge in [-0.25, -0.2) is 4.98 Å². The van der Waals surface area contributed by atoms with Crippen LogP contribution in [0.1, 0.15) is 5.56 Å². The lowest BCUT2D eigenvalue weighted by atomic mass is 10.2. The van der Waals surface area contributed by atoms with Crippen LogP contribution in [-0.2, 0) is 0 Å². The second kappa shape index (κ2) is 5.42. The number of hydrogen-bond acceptors (Lipinski definition) is 4. The molecule has 5 nitrogen and oxygen atoms in total. The van der Waals surface area contributed by atoms with E-state index < -0.39 is 4.92 Å². The molecule has 0 unspecified atom stereocenters. The normalized spacial score (nSPS) is 10.3. The molecular formula is C12H8Cl2N2O3. The maximum Gasteiger partial charge on any atom is 0.289 e. The average Bonchev–Trinajstić information content (AvgIpc) is 2.36. The third-order valence-corrected chi connectivity index (χ3v) is 2.87. The number of aromatic nitrogens is 1. The van der Waals surface area contributed by atoms with E-state index in [2.05, 4.69) is 4.98 Å². The van der Waals surface area contributed by atoms with E-state index in [1.54, 1.807) is 18.2 Å². The van der Waals surface area contributed by atoms with E-state index in [-0.39, 0.29) is 16.6 Å². The number of aryl methyl sites for hydroxylation is 1. The molecule has 19 heavy (non-hydrogen) atoms. The first kappa shape index (κ1) is 13.6. The Morgan fingerprint density at radius 1 is 1.32 bits per heavy atom. The molecule has 2 aromatic rings. The van der Waals surface area contributed by atoms with Crippen molar-refractivity contribution in [3.63, 3.8) is 0 Å². The van der Waals surface area contributed by atoms with E-state index in [4.69, 9.17) is 27.9 Å². The van der Waals surface area contributed by atoms with E-state index in [1.165, 1.54) is 6.07 Å². The number of halogens is 2. The molecule has 0 spiro atoms. The third-order valence-electron chi connectivity index (χ3n) is 2.36. The smallest absolute Gasteiger partial charge is 0.289 e. The zero-order valence-electron chi connectivity index (χ0n) is 9.76. The number of rotatable bonds is 3. The third kappa shape index (κ3) is 3.13. The van der Waals surface area contributed by atoms with Gasteiger partial charge in [-0.2, -0.15) is 0 Å². The fourth-order valence-electron chi connectivity index (χ4n) is 1.38. The van der Waals surface area contributed by atoms with Crippen LogP contribution in [0.2, 0.25) is 10.0 Å². The number of nitrogens with zero attached hydrogens (tertiary/aromatic N) is 2. The number of pyridine rings is 1. The Morgan fingerprint density at radius 3 is 2.68 bits per heavy atom. The second-order valence-corrected chi connectivity index (χ2v) is 4.59. The summed E-state index contributed by atoms with van der Waals surface area (Å²) in [6.45, 7) is 1.84. The highest BCUT2D eigenvalue weighted by Crippen LogP contribution is 2.32. The predicted molar refractivity (Wildman–Crippen MR) is 72.2 cm³/mol. The van der Waals surface area contributed by atoms with Crippen molar-refractivity contribution in [1.29, 1.82) is 0 Å². The minimum Gasteiger partial charge on any atom is -0.437 e. The molecule has 7 heteroatoms. The molecule has 0 aliphatic heterocycles. The summed E-state index contributed by atoms with van der Waals surface area (Å²) in [7, 11) is 0. The molecule has 0 saturated carbocycles. The molecule has 0 fully saturated rings. The Labute approximate surface area is 118 Å². The van der Waals surface area contributed by atoms with Crippen LogP contribution in [0.3, 0.4) is 0 Å². The quantitative estimate of drug-likeness (QED) is 0.622. The lowest BCUT2D eigenvalue weighted by Crippen LogP contribution is -1.94. The predicted octanol–water partition coefficient (Wildman–Crippen LogP) is 4.40. The zero-order chi connectivity index (χ0) is 14.0. The van der Waals surface area contributed by atoms with Gasteiger partial charge in [0.15, 0.2) is 0 Å². The molecule has 1 aromatic heterocycles. The molecule has 1 heterocycles. The van der Waals surface area contributed by atoms with Crippen LogP contribution < -0.4 is 4.74 Å². The molecule has 0 aliphatic rings. The molecule has 0 atom stereocenters. The fraction of sp³-hybridized carbons (Fsp3) is 0.0833. The van der Waals surface area contributed by atoms with Gasteiger partial charge in [-0.15, -0.1) is 0 Å². The Morgan fingerprint density at radius 2 is 2.05 bits per heavy atom. The molecule has 0 saturated heterocycles. The number of hydrogen-bond donors (Lipinski definition) is 0. The highest BCUT2D eigenvalue weighted by molar-refractivity contribution is 6.32. The van der Waals surface area contributed by atoms with Crippen molar-refractivity contribution in [2.45, 2.75) is 6.92 Å². The molecule has 1 aromatic carbocycles. The summed E-state index contributed by atoms with van der Waals surface area (Å²) in [5, 5.41) is 11.1. The molecule has 98 valence electrons. The van der Waals surface area contributed by atoms with Crippen LogP contribution in [0.25, 0.3) is 0 Å². The Kier molecular flexibility index (Phi) is 3.87. The molecule has 0 N–H and O–H groups in total. The maximum absolute atomic E-state index is 10.6. The van der Waals surface area contributed by atoms with Crippen molar-refractivity contribution in [1.82, 2.24) is 4.98 Å². The Bertz CT molecular complexity index is 647.